The Morgan fingerprint density at radius 3 is 2.00 bits per heavy atom. The third kappa shape index (κ3) is 3.51. The highest BCUT2D eigenvalue weighted by molar-refractivity contribution is 9.09. The van der Waals surface area contributed by atoms with Crippen LogP contribution in [0.2, 0.25) is 0 Å². The molecule has 0 aliphatic carbocycles. The van der Waals surface area contributed by atoms with E-state index in [2.05, 4.69) is 61.0 Å². The zero-order valence-electron chi connectivity index (χ0n) is 8.55. The maximum Gasteiger partial charge on any atom is 0.0157 e. The van der Waals surface area contributed by atoms with Crippen molar-refractivity contribution < 1.29 is 0 Å². The number of halogens is 1. The highest BCUT2D eigenvalue weighted by Gasteiger charge is 2.01. The second-order valence-electron chi connectivity index (χ2n) is 3.88. The number of benzene rings is 1. The van der Waals surface area contributed by atoms with Gasteiger partial charge in [0.1, 0.15) is 0 Å². The Kier molecular flexibility index (Phi) is 3.98. The molecule has 1 heteroatoms. The predicted molar refractivity (Wildman–Crippen MR) is 62.6 cm³/mol. The first-order valence-corrected chi connectivity index (χ1v) is 5.74. The molecule has 0 saturated carbocycles. The maximum absolute atomic E-state index is 3.56. The molecule has 0 heterocycles. The molecule has 0 aliphatic rings. The highest BCUT2D eigenvalue weighted by Crippen LogP contribution is 2.16. The van der Waals surface area contributed by atoms with Crippen molar-refractivity contribution in [1.82, 2.24) is 0 Å². The Labute approximate surface area is 89.5 Å². The van der Waals surface area contributed by atoms with Gasteiger partial charge in [-0.3, -0.25) is 0 Å². The molecule has 72 valence electrons. The van der Waals surface area contributed by atoms with Gasteiger partial charge in [0.05, 0.1) is 0 Å². The molecule has 0 bridgehead atoms. The Balaban J connectivity index is 2.70. The molecular weight excluding hydrogens is 224 g/mol. The van der Waals surface area contributed by atoms with E-state index in [-0.39, 0.29) is 0 Å². The second-order valence-corrected chi connectivity index (χ2v) is 5.44. The molecule has 0 radical (unpaired) electrons. The summed E-state index contributed by atoms with van der Waals surface area (Å²) in [5.41, 5.74) is 2.83. The standard InChI is InChI=1S/C12H17Br/c1-9(2)12-6-4-11(5-7-12)8-10(3)13/h4-7,9-10H,8H2,1-3H3. The average molecular weight is 241 g/mol. The minimum Gasteiger partial charge on any atom is -0.0890 e. The normalized spacial score (nSPS) is 13.3. The van der Waals surface area contributed by atoms with Gasteiger partial charge in [-0.2, -0.15) is 0 Å². The lowest BCUT2D eigenvalue weighted by atomic mass is 10.0. The molecule has 1 aromatic carbocycles. The number of hydrogen-bond acceptors (Lipinski definition) is 0. The van der Waals surface area contributed by atoms with Crippen LogP contribution < -0.4 is 0 Å². The van der Waals surface area contributed by atoms with E-state index in [0.717, 1.165) is 6.42 Å². The molecule has 1 unspecified atom stereocenters. The molecule has 0 saturated heterocycles. The number of hydrogen-bond donors (Lipinski definition) is 0. The van der Waals surface area contributed by atoms with Gasteiger partial charge >= 0.3 is 0 Å². The van der Waals surface area contributed by atoms with Gasteiger partial charge in [-0.25, -0.2) is 0 Å². The van der Waals surface area contributed by atoms with E-state index in [1.54, 1.807) is 0 Å². The summed E-state index contributed by atoms with van der Waals surface area (Å²) in [5.74, 6) is 0.635. The van der Waals surface area contributed by atoms with Crippen molar-refractivity contribution in [2.45, 2.75) is 37.9 Å². The zero-order valence-corrected chi connectivity index (χ0v) is 10.1. The fourth-order valence-electron chi connectivity index (χ4n) is 1.36. The van der Waals surface area contributed by atoms with E-state index in [4.69, 9.17) is 0 Å². The maximum atomic E-state index is 3.56. The predicted octanol–water partition coefficient (Wildman–Crippen LogP) is 4.14. The van der Waals surface area contributed by atoms with Crippen LogP contribution in [0.4, 0.5) is 0 Å². The first-order chi connectivity index (χ1) is 6.09. The third-order valence-corrected chi connectivity index (χ3v) is 2.49. The lowest BCUT2D eigenvalue weighted by Gasteiger charge is -2.07. The monoisotopic (exact) mass is 240 g/mol. The van der Waals surface area contributed by atoms with Crippen LogP contribution in [0.1, 0.15) is 37.8 Å². The Hall–Kier alpha value is -0.300. The van der Waals surface area contributed by atoms with Crippen molar-refractivity contribution in [2.75, 3.05) is 0 Å². The molecule has 0 aliphatic heterocycles. The van der Waals surface area contributed by atoms with Crippen LogP contribution in [-0.4, -0.2) is 4.83 Å². The SMILES string of the molecule is CC(Br)Cc1ccc(C(C)C)cc1. The fraction of sp³-hybridized carbons (Fsp3) is 0.500. The third-order valence-electron chi connectivity index (χ3n) is 2.16. The highest BCUT2D eigenvalue weighted by atomic mass is 79.9. The molecule has 1 aromatic rings. The van der Waals surface area contributed by atoms with Crippen LogP contribution >= 0.6 is 15.9 Å². The molecular formula is C12H17Br. The van der Waals surface area contributed by atoms with Crippen LogP contribution in [0.3, 0.4) is 0 Å². The smallest absolute Gasteiger partial charge is 0.0157 e. The first-order valence-electron chi connectivity index (χ1n) is 4.82. The van der Waals surface area contributed by atoms with Gasteiger partial charge in [-0.15, -0.1) is 0 Å². The van der Waals surface area contributed by atoms with Crippen LogP contribution in [0.15, 0.2) is 24.3 Å². The topological polar surface area (TPSA) is 0 Å². The number of rotatable bonds is 3. The van der Waals surface area contributed by atoms with Gasteiger partial charge in [-0.05, 0) is 23.5 Å². The van der Waals surface area contributed by atoms with Crippen molar-refractivity contribution in [3.63, 3.8) is 0 Å². The molecule has 1 atom stereocenters. The van der Waals surface area contributed by atoms with E-state index < -0.39 is 0 Å². The van der Waals surface area contributed by atoms with Crippen LogP contribution in [0.5, 0.6) is 0 Å². The van der Waals surface area contributed by atoms with Crippen molar-refractivity contribution in [3.8, 4) is 0 Å². The van der Waals surface area contributed by atoms with Crippen molar-refractivity contribution in [3.05, 3.63) is 35.4 Å². The summed E-state index contributed by atoms with van der Waals surface area (Å²) in [7, 11) is 0. The van der Waals surface area contributed by atoms with E-state index >= 15 is 0 Å². The lowest BCUT2D eigenvalue weighted by molar-refractivity contribution is 0.863. The summed E-state index contributed by atoms with van der Waals surface area (Å²) in [6.07, 6.45) is 1.11. The minimum atomic E-state index is 0.567. The van der Waals surface area contributed by atoms with Gasteiger partial charge < -0.3 is 0 Å². The van der Waals surface area contributed by atoms with Crippen LogP contribution in [0.25, 0.3) is 0 Å². The van der Waals surface area contributed by atoms with Crippen LogP contribution in [-0.2, 0) is 6.42 Å². The molecule has 0 spiro atoms. The number of alkyl halides is 1. The quantitative estimate of drug-likeness (QED) is 0.698. The van der Waals surface area contributed by atoms with E-state index in [9.17, 15) is 0 Å². The molecule has 0 N–H and O–H groups in total. The Morgan fingerprint density at radius 2 is 1.62 bits per heavy atom. The van der Waals surface area contributed by atoms with E-state index in [1.165, 1.54) is 11.1 Å². The van der Waals surface area contributed by atoms with Gasteiger partial charge in [0, 0.05) is 4.83 Å². The van der Waals surface area contributed by atoms with Crippen molar-refractivity contribution in [2.24, 2.45) is 0 Å². The van der Waals surface area contributed by atoms with Gasteiger partial charge in [-0.1, -0.05) is 61.0 Å². The molecule has 13 heavy (non-hydrogen) atoms. The molecule has 0 nitrogen and oxygen atoms in total. The summed E-state index contributed by atoms with van der Waals surface area (Å²) in [4.78, 5) is 0.567. The summed E-state index contributed by atoms with van der Waals surface area (Å²) in [6, 6.07) is 8.92. The summed E-state index contributed by atoms with van der Waals surface area (Å²) in [5, 5.41) is 0. The molecule has 0 amide bonds. The Morgan fingerprint density at radius 1 is 1.08 bits per heavy atom. The zero-order chi connectivity index (χ0) is 9.84. The van der Waals surface area contributed by atoms with Gasteiger partial charge in [0.25, 0.3) is 0 Å². The van der Waals surface area contributed by atoms with E-state index in [0.29, 0.717) is 10.7 Å². The summed E-state index contributed by atoms with van der Waals surface area (Å²) < 4.78 is 0. The fourth-order valence-corrected chi connectivity index (χ4v) is 1.74. The van der Waals surface area contributed by atoms with Gasteiger partial charge in [0.15, 0.2) is 0 Å². The largest absolute Gasteiger partial charge is 0.0890 e. The Bertz CT molecular complexity index is 246. The first kappa shape index (κ1) is 10.8. The molecule has 0 aromatic heterocycles. The minimum absolute atomic E-state index is 0.567. The van der Waals surface area contributed by atoms with Crippen molar-refractivity contribution in [1.29, 1.82) is 0 Å². The average Bonchev–Trinajstić information content (AvgIpc) is 2.04. The summed E-state index contributed by atoms with van der Waals surface area (Å²) in [6.45, 7) is 6.63. The van der Waals surface area contributed by atoms with Crippen LogP contribution in [0, 0.1) is 0 Å². The molecule has 1 rings (SSSR count). The second kappa shape index (κ2) is 4.80. The molecule has 0 fully saturated rings. The summed E-state index contributed by atoms with van der Waals surface area (Å²) >= 11 is 3.56. The van der Waals surface area contributed by atoms with Crippen molar-refractivity contribution >= 4 is 15.9 Å². The lowest BCUT2D eigenvalue weighted by Crippen LogP contribution is -1.96. The van der Waals surface area contributed by atoms with Gasteiger partial charge in [0.2, 0.25) is 0 Å². The van der Waals surface area contributed by atoms with E-state index in [1.807, 2.05) is 0 Å².